The zero-order valence-electron chi connectivity index (χ0n) is 11.5. The summed E-state index contributed by atoms with van der Waals surface area (Å²) in [5.74, 6) is -1.24. The molecule has 1 heterocycles. The molecule has 0 spiro atoms. The van der Waals surface area contributed by atoms with Crippen molar-refractivity contribution >= 4 is 0 Å². The van der Waals surface area contributed by atoms with Crippen molar-refractivity contribution in [3.05, 3.63) is 0 Å². The van der Waals surface area contributed by atoms with Crippen molar-refractivity contribution in [3.8, 4) is 0 Å². The summed E-state index contributed by atoms with van der Waals surface area (Å²) in [7, 11) is 0. The maximum absolute atomic E-state index is 12.8. The Morgan fingerprint density at radius 3 is 2.40 bits per heavy atom. The fourth-order valence-electron chi connectivity index (χ4n) is 3.37. The molecule has 1 aliphatic carbocycles. The van der Waals surface area contributed by atoms with Crippen molar-refractivity contribution in [3.63, 3.8) is 0 Å². The van der Waals surface area contributed by atoms with Gasteiger partial charge in [0.2, 0.25) is 0 Å². The normalized spacial score (nSPS) is 38.7. The van der Waals surface area contributed by atoms with E-state index >= 15 is 0 Å². The topological polar surface area (TPSA) is 64.5 Å². The standard InChI is InChI=1S/C13H23F3N2O2/c1-7(19)12(20)11-6-10(17-18-11)8-3-2-4-9(5-8)13(14,15)16/h7-12,17-20H,2-6H2,1H3. The highest BCUT2D eigenvalue weighted by Crippen LogP contribution is 2.41. The van der Waals surface area contributed by atoms with E-state index in [9.17, 15) is 23.4 Å². The van der Waals surface area contributed by atoms with Crippen molar-refractivity contribution < 1.29 is 23.4 Å². The fraction of sp³-hybridized carbons (Fsp3) is 1.00. The first-order valence-corrected chi connectivity index (χ1v) is 7.23. The number of aliphatic hydroxyl groups excluding tert-OH is 2. The number of halogens is 3. The van der Waals surface area contributed by atoms with Crippen LogP contribution in [0.25, 0.3) is 0 Å². The lowest BCUT2D eigenvalue weighted by atomic mass is 9.76. The van der Waals surface area contributed by atoms with E-state index in [0.717, 1.165) is 6.42 Å². The van der Waals surface area contributed by atoms with Gasteiger partial charge in [0.25, 0.3) is 0 Å². The predicted molar refractivity (Wildman–Crippen MR) is 67.7 cm³/mol. The largest absolute Gasteiger partial charge is 0.391 e. The van der Waals surface area contributed by atoms with Gasteiger partial charge in [-0.15, -0.1) is 0 Å². The highest BCUT2D eigenvalue weighted by atomic mass is 19.4. The SMILES string of the molecule is CC(O)C(O)C1CC(C2CCCC(C(F)(F)F)C2)NN1. The third kappa shape index (κ3) is 3.63. The minimum absolute atomic E-state index is 0.0333. The Kier molecular flexibility index (Phi) is 4.94. The Hall–Kier alpha value is -0.370. The molecule has 6 atom stereocenters. The van der Waals surface area contributed by atoms with Crippen molar-refractivity contribution in [2.75, 3.05) is 0 Å². The molecule has 7 heteroatoms. The lowest BCUT2D eigenvalue weighted by Gasteiger charge is -2.33. The van der Waals surface area contributed by atoms with Crippen LogP contribution < -0.4 is 10.9 Å². The van der Waals surface area contributed by atoms with Crippen LogP contribution in [0.5, 0.6) is 0 Å². The molecule has 2 aliphatic rings. The first-order valence-electron chi connectivity index (χ1n) is 7.23. The Morgan fingerprint density at radius 2 is 1.80 bits per heavy atom. The molecule has 2 fully saturated rings. The van der Waals surface area contributed by atoms with E-state index in [1.807, 2.05) is 0 Å². The molecular formula is C13H23F3N2O2. The van der Waals surface area contributed by atoms with Crippen LogP contribution in [0.4, 0.5) is 13.2 Å². The highest BCUT2D eigenvalue weighted by Gasteiger charge is 2.45. The highest BCUT2D eigenvalue weighted by molar-refractivity contribution is 4.93. The molecule has 6 unspecified atom stereocenters. The van der Waals surface area contributed by atoms with Gasteiger partial charge in [-0.3, -0.25) is 10.9 Å². The van der Waals surface area contributed by atoms with E-state index < -0.39 is 24.3 Å². The average molecular weight is 296 g/mol. The van der Waals surface area contributed by atoms with Crippen LogP contribution in [0.15, 0.2) is 0 Å². The minimum Gasteiger partial charge on any atom is -0.391 e. The molecule has 2 rings (SSSR count). The molecule has 1 saturated heterocycles. The first-order chi connectivity index (χ1) is 9.29. The van der Waals surface area contributed by atoms with Gasteiger partial charge in [-0.1, -0.05) is 6.42 Å². The van der Waals surface area contributed by atoms with Gasteiger partial charge < -0.3 is 10.2 Å². The third-order valence-electron chi connectivity index (χ3n) is 4.62. The number of hydrazine groups is 1. The summed E-state index contributed by atoms with van der Waals surface area (Å²) < 4.78 is 38.4. The maximum atomic E-state index is 12.8. The quantitative estimate of drug-likeness (QED) is 0.634. The van der Waals surface area contributed by atoms with E-state index in [1.54, 1.807) is 0 Å². The molecule has 118 valence electrons. The van der Waals surface area contributed by atoms with Gasteiger partial charge in [0, 0.05) is 6.04 Å². The van der Waals surface area contributed by atoms with Gasteiger partial charge in [0.15, 0.2) is 0 Å². The van der Waals surface area contributed by atoms with Crippen LogP contribution in [0.3, 0.4) is 0 Å². The number of hydrogen-bond acceptors (Lipinski definition) is 4. The van der Waals surface area contributed by atoms with E-state index in [1.165, 1.54) is 6.92 Å². The Morgan fingerprint density at radius 1 is 1.10 bits per heavy atom. The van der Waals surface area contributed by atoms with Crippen LogP contribution in [-0.2, 0) is 0 Å². The van der Waals surface area contributed by atoms with Gasteiger partial charge >= 0.3 is 6.18 Å². The average Bonchev–Trinajstić information content (AvgIpc) is 2.86. The second-order valence-corrected chi connectivity index (χ2v) is 6.13. The van der Waals surface area contributed by atoms with E-state index in [2.05, 4.69) is 10.9 Å². The summed E-state index contributed by atoms with van der Waals surface area (Å²) in [6, 6.07) is -0.384. The summed E-state index contributed by atoms with van der Waals surface area (Å²) >= 11 is 0. The molecule has 1 saturated carbocycles. The number of nitrogens with one attached hydrogen (secondary N) is 2. The smallest absolute Gasteiger partial charge is 0.391 e. The van der Waals surface area contributed by atoms with Crippen LogP contribution >= 0.6 is 0 Å². The molecule has 0 aromatic carbocycles. The number of alkyl halides is 3. The van der Waals surface area contributed by atoms with Crippen molar-refractivity contribution in [1.82, 2.24) is 10.9 Å². The van der Waals surface area contributed by atoms with Crippen molar-refractivity contribution in [2.24, 2.45) is 11.8 Å². The molecule has 1 aliphatic heterocycles. The molecule has 4 N–H and O–H groups in total. The van der Waals surface area contributed by atoms with Crippen molar-refractivity contribution in [1.29, 1.82) is 0 Å². The Balaban J connectivity index is 1.90. The fourth-order valence-corrected chi connectivity index (χ4v) is 3.37. The van der Waals surface area contributed by atoms with Gasteiger partial charge in [0.1, 0.15) is 0 Å². The third-order valence-corrected chi connectivity index (χ3v) is 4.62. The van der Waals surface area contributed by atoms with Gasteiger partial charge in [0.05, 0.1) is 24.2 Å². The van der Waals surface area contributed by atoms with Crippen LogP contribution in [0.2, 0.25) is 0 Å². The minimum atomic E-state index is -4.11. The number of hydrogen-bond donors (Lipinski definition) is 4. The summed E-state index contributed by atoms with van der Waals surface area (Å²) in [4.78, 5) is 0. The maximum Gasteiger partial charge on any atom is 0.391 e. The second-order valence-electron chi connectivity index (χ2n) is 6.13. The van der Waals surface area contributed by atoms with Crippen LogP contribution in [0, 0.1) is 11.8 Å². The zero-order valence-corrected chi connectivity index (χ0v) is 11.5. The van der Waals surface area contributed by atoms with Crippen molar-refractivity contribution in [2.45, 2.75) is 69.5 Å². The second kappa shape index (κ2) is 6.17. The number of aliphatic hydroxyl groups is 2. The van der Waals surface area contributed by atoms with E-state index in [-0.39, 0.29) is 30.8 Å². The molecule has 0 aromatic rings. The monoisotopic (exact) mass is 296 g/mol. The lowest BCUT2D eigenvalue weighted by molar-refractivity contribution is -0.186. The van der Waals surface area contributed by atoms with E-state index in [4.69, 9.17) is 0 Å². The van der Waals surface area contributed by atoms with Gasteiger partial charge in [-0.2, -0.15) is 13.2 Å². The summed E-state index contributed by atoms with van der Waals surface area (Å²) in [6.07, 6.45) is -3.58. The first kappa shape index (κ1) is 16.0. The molecule has 0 amide bonds. The molecule has 0 radical (unpaired) electrons. The van der Waals surface area contributed by atoms with E-state index in [0.29, 0.717) is 12.8 Å². The molecule has 20 heavy (non-hydrogen) atoms. The van der Waals surface area contributed by atoms with Crippen LogP contribution in [0.1, 0.15) is 39.0 Å². The molecule has 0 aromatic heterocycles. The molecular weight excluding hydrogens is 273 g/mol. The molecule has 0 bridgehead atoms. The Labute approximate surface area is 116 Å². The summed E-state index contributed by atoms with van der Waals surface area (Å²) in [5, 5.41) is 19.2. The summed E-state index contributed by atoms with van der Waals surface area (Å²) in [6.45, 7) is 1.50. The number of rotatable bonds is 3. The predicted octanol–water partition coefficient (Wildman–Crippen LogP) is 1.33. The van der Waals surface area contributed by atoms with Gasteiger partial charge in [-0.25, -0.2) is 0 Å². The van der Waals surface area contributed by atoms with Crippen LogP contribution in [-0.4, -0.2) is 40.7 Å². The zero-order chi connectivity index (χ0) is 14.9. The Bertz CT molecular complexity index is 325. The van der Waals surface area contributed by atoms with Gasteiger partial charge in [-0.05, 0) is 38.5 Å². The lowest BCUT2D eigenvalue weighted by Crippen LogP contribution is -2.45. The molecule has 4 nitrogen and oxygen atoms in total. The summed E-state index contributed by atoms with van der Waals surface area (Å²) in [5.41, 5.74) is 5.89.